The van der Waals surface area contributed by atoms with Gasteiger partial charge in [-0.2, -0.15) is 0 Å². The summed E-state index contributed by atoms with van der Waals surface area (Å²) >= 11 is 3.47. The van der Waals surface area contributed by atoms with Gasteiger partial charge >= 0.3 is 5.97 Å². The first-order valence-electron chi connectivity index (χ1n) is 9.84. The molecule has 3 nitrogen and oxygen atoms in total. The Morgan fingerprint density at radius 3 is 2.11 bits per heavy atom. The minimum Gasteiger partial charge on any atom is -0.493 e. The van der Waals surface area contributed by atoms with Crippen LogP contribution in [0.1, 0.15) is 61.7 Å². The van der Waals surface area contributed by atoms with E-state index in [1.165, 1.54) is 38.5 Å². The standard InChI is InChI=1S/C23H29BrO3/c24-16-10-5-3-1-2-4-6-11-17-27-22-18-20(23(25)26)14-15-21(22)19-12-8-7-9-13-19/h7-9,12-15,18H,1-6,10-11,16-17H2,(H,25,26). The van der Waals surface area contributed by atoms with Crippen molar-refractivity contribution in [2.24, 2.45) is 0 Å². The molecule has 0 bridgehead atoms. The highest BCUT2D eigenvalue weighted by atomic mass is 79.9. The van der Waals surface area contributed by atoms with E-state index in [4.69, 9.17) is 4.74 Å². The minimum absolute atomic E-state index is 0.258. The van der Waals surface area contributed by atoms with Crippen molar-refractivity contribution in [1.82, 2.24) is 0 Å². The highest BCUT2D eigenvalue weighted by Crippen LogP contribution is 2.31. The molecular weight excluding hydrogens is 404 g/mol. The van der Waals surface area contributed by atoms with Crippen LogP contribution in [0.3, 0.4) is 0 Å². The molecule has 2 rings (SSSR count). The molecule has 2 aromatic carbocycles. The van der Waals surface area contributed by atoms with Gasteiger partial charge in [0.1, 0.15) is 5.75 Å². The van der Waals surface area contributed by atoms with Gasteiger partial charge in [-0.05, 0) is 36.6 Å². The smallest absolute Gasteiger partial charge is 0.335 e. The number of carbonyl (C=O) groups is 1. The van der Waals surface area contributed by atoms with Gasteiger partial charge in [0.15, 0.2) is 0 Å². The van der Waals surface area contributed by atoms with Crippen LogP contribution in [-0.2, 0) is 0 Å². The van der Waals surface area contributed by atoms with Crippen molar-refractivity contribution in [3.63, 3.8) is 0 Å². The molecule has 0 radical (unpaired) electrons. The Kier molecular flexibility index (Phi) is 9.99. The van der Waals surface area contributed by atoms with Crippen LogP contribution in [0.15, 0.2) is 48.5 Å². The van der Waals surface area contributed by atoms with Gasteiger partial charge in [-0.25, -0.2) is 4.79 Å². The molecule has 0 aliphatic heterocycles. The second-order valence-corrected chi connectivity index (χ2v) is 7.54. The molecular formula is C23H29BrO3. The Balaban J connectivity index is 1.82. The van der Waals surface area contributed by atoms with Crippen LogP contribution in [0.2, 0.25) is 0 Å². The molecule has 4 heteroatoms. The number of hydrogen-bond donors (Lipinski definition) is 1. The molecule has 0 saturated heterocycles. The molecule has 0 fully saturated rings. The molecule has 0 amide bonds. The first-order valence-corrected chi connectivity index (χ1v) is 11.0. The van der Waals surface area contributed by atoms with E-state index >= 15 is 0 Å². The highest BCUT2D eigenvalue weighted by Gasteiger charge is 2.11. The topological polar surface area (TPSA) is 46.5 Å². The van der Waals surface area contributed by atoms with Crippen molar-refractivity contribution in [2.75, 3.05) is 11.9 Å². The van der Waals surface area contributed by atoms with Crippen LogP contribution in [-0.4, -0.2) is 23.0 Å². The van der Waals surface area contributed by atoms with E-state index < -0.39 is 5.97 Å². The summed E-state index contributed by atoms with van der Waals surface area (Å²) < 4.78 is 5.97. The zero-order valence-corrected chi connectivity index (χ0v) is 17.4. The van der Waals surface area contributed by atoms with Crippen molar-refractivity contribution < 1.29 is 14.6 Å². The lowest BCUT2D eigenvalue weighted by Gasteiger charge is -2.13. The second-order valence-electron chi connectivity index (χ2n) is 6.75. The SMILES string of the molecule is O=C(O)c1ccc(-c2ccccc2)c(OCCCCCCCCCCBr)c1. The lowest BCUT2D eigenvalue weighted by Crippen LogP contribution is -2.02. The maximum absolute atomic E-state index is 11.3. The van der Waals surface area contributed by atoms with Gasteiger partial charge < -0.3 is 9.84 Å². The summed E-state index contributed by atoms with van der Waals surface area (Å²) in [5.74, 6) is -0.282. The van der Waals surface area contributed by atoms with E-state index in [9.17, 15) is 9.90 Å². The lowest BCUT2D eigenvalue weighted by atomic mass is 10.0. The summed E-state index contributed by atoms with van der Waals surface area (Å²) in [5, 5.41) is 10.4. The number of halogens is 1. The fraction of sp³-hybridized carbons (Fsp3) is 0.435. The third kappa shape index (κ3) is 7.76. The Morgan fingerprint density at radius 1 is 0.852 bits per heavy atom. The first kappa shape index (κ1) is 21.5. The van der Waals surface area contributed by atoms with Gasteiger partial charge in [0.05, 0.1) is 12.2 Å². The van der Waals surface area contributed by atoms with Crippen molar-refractivity contribution >= 4 is 21.9 Å². The third-order valence-corrected chi connectivity index (χ3v) is 5.16. The molecule has 0 saturated carbocycles. The van der Waals surface area contributed by atoms with Crippen LogP contribution in [0.5, 0.6) is 5.75 Å². The van der Waals surface area contributed by atoms with Crippen molar-refractivity contribution in [1.29, 1.82) is 0 Å². The largest absolute Gasteiger partial charge is 0.493 e. The monoisotopic (exact) mass is 432 g/mol. The van der Waals surface area contributed by atoms with Crippen LogP contribution < -0.4 is 4.74 Å². The molecule has 1 N–H and O–H groups in total. The van der Waals surface area contributed by atoms with E-state index in [0.29, 0.717) is 12.4 Å². The molecule has 0 heterocycles. The number of hydrogen-bond acceptors (Lipinski definition) is 2. The maximum Gasteiger partial charge on any atom is 0.335 e. The van der Waals surface area contributed by atoms with Crippen molar-refractivity contribution in [3.8, 4) is 16.9 Å². The molecule has 0 aliphatic carbocycles. The number of ether oxygens (including phenoxy) is 1. The zero-order valence-electron chi connectivity index (χ0n) is 15.8. The van der Waals surface area contributed by atoms with Gasteiger partial charge in [-0.1, -0.05) is 84.8 Å². The first-order chi connectivity index (χ1) is 13.2. The average molecular weight is 433 g/mol. The molecule has 0 aromatic heterocycles. The number of carboxylic acids is 1. The van der Waals surface area contributed by atoms with Gasteiger partial charge in [-0.15, -0.1) is 0 Å². The van der Waals surface area contributed by atoms with Gasteiger partial charge in [0.2, 0.25) is 0 Å². The summed E-state index contributed by atoms with van der Waals surface area (Å²) in [6, 6.07) is 15.0. The van der Waals surface area contributed by atoms with Crippen molar-refractivity contribution in [2.45, 2.75) is 51.4 Å². The minimum atomic E-state index is -0.931. The number of unbranched alkanes of at least 4 members (excludes halogenated alkanes) is 7. The van der Waals surface area contributed by atoms with E-state index in [1.807, 2.05) is 36.4 Å². The summed E-state index contributed by atoms with van der Waals surface area (Å²) in [6.45, 7) is 0.618. The number of benzene rings is 2. The van der Waals surface area contributed by atoms with E-state index in [-0.39, 0.29) is 5.56 Å². The molecule has 0 spiro atoms. The third-order valence-electron chi connectivity index (χ3n) is 4.60. The summed E-state index contributed by atoms with van der Waals surface area (Å²) in [5.41, 5.74) is 2.23. The zero-order chi connectivity index (χ0) is 19.3. The quantitative estimate of drug-likeness (QED) is 0.275. The Labute approximate surface area is 170 Å². The second kappa shape index (κ2) is 12.6. The highest BCUT2D eigenvalue weighted by molar-refractivity contribution is 9.09. The molecule has 146 valence electrons. The van der Waals surface area contributed by atoms with Crippen molar-refractivity contribution in [3.05, 3.63) is 54.1 Å². The number of aromatic carboxylic acids is 1. The molecule has 27 heavy (non-hydrogen) atoms. The van der Waals surface area contributed by atoms with Crippen LogP contribution in [0.25, 0.3) is 11.1 Å². The summed E-state index contributed by atoms with van der Waals surface area (Å²) in [7, 11) is 0. The average Bonchev–Trinajstić information content (AvgIpc) is 2.70. The number of rotatable bonds is 13. The van der Waals surface area contributed by atoms with Gasteiger partial charge in [0.25, 0.3) is 0 Å². The fourth-order valence-electron chi connectivity index (χ4n) is 3.07. The summed E-state index contributed by atoms with van der Waals surface area (Å²) in [4.78, 5) is 11.3. The summed E-state index contributed by atoms with van der Waals surface area (Å²) in [6.07, 6.45) is 9.88. The van der Waals surface area contributed by atoms with Gasteiger partial charge in [0, 0.05) is 10.9 Å². The van der Waals surface area contributed by atoms with Crippen LogP contribution >= 0.6 is 15.9 Å². The lowest BCUT2D eigenvalue weighted by molar-refractivity contribution is 0.0696. The Hall–Kier alpha value is -1.81. The number of alkyl halides is 1. The van der Waals surface area contributed by atoms with Crippen LogP contribution in [0.4, 0.5) is 0 Å². The molecule has 0 aliphatic rings. The Bertz CT molecular complexity index is 685. The maximum atomic E-state index is 11.3. The number of carboxylic acid groups (broad SMARTS) is 1. The molecule has 2 aromatic rings. The normalized spacial score (nSPS) is 10.7. The fourth-order valence-corrected chi connectivity index (χ4v) is 3.47. The van der Waals surface area contributed by atoms with Crippen LogP contribution in [0, 0.1) is 0 Å². The van der Waals surface area contributed by atoms with E-state index in [2.05, 4.69) is 15.9 Å². The Morgan fingerprint density at radius 2 is 1.48 bits per heavy atom. The molecule has 0 unspecified atom stereocenters. The predicted molar refractivity (Wildman–Crippen MR) is 115 cm³/mol. The van der Waals surface area contributed by atoms with Gasteiger partial charge in [-0.3, -0.25) is 0 Å². The van der Waals surface area contributed by atoms with E-state index in [1.54, 1.807) is 12.1 Å². The molecule has 0 atom stereocenters. The predicted octanol–water partition coefficient (Wildman–Crippen LogP) is 6.95. The van der Waals surface area contributed by atoms with E-state index in [0.717, 1.165) is 29.3 Å².